The van der Waals surface area contributed by atoms with Gasteiger partial charge in [-0.05, 0) is 46.8 Å². The SMILES string of the molecule is NC(=O)CCN1C(=O)C(=Cc2cc(-c3cc(C(F)(F)F)cc(C(F)(F)F)c3)cs2)SC1=S. The summed E-state index contributed by atoms with van der Waals surface area (Å²) in [5.41, 5.74) is 2.14. The summed E-state index contributed by atoms with van der Waals surface area (Å²) in [6.45, 7) is 0.0114. The fourth-order valence-electron chi connectivity index (χ4n) is 2.75. The van der Waals surface area contributed by atoms with Crippen LogP contribution in [0.15, 0.2) is 34.6 Å². The van der Waals surface area contributed by atoms with Crippen LogP contribution in [0.1, 0.15) is 22.4 Å². The fourth-order valence-corrected chi connectivity index (χ4v) is 4.97. The highest BCUT2D eigenvalue weighted by Gasteiger charge is 2.37. The molecule has 2 amide bonds. The molecule has 0 spiro atoms. The molecule has 4 nitrogen and oxygen atoms in total. The second-order valence-electron chi connectivity index (χ2n) is 6.58. The van der Waals surface area contributed by atoms with Gasteiger partial charge in [-0.3, -0.25) is 14.5 Å². The van der Waals surface area contributed by atoms with Gasteiger partial charge >= 0.3 is 12.4 Å². The standard InChI is InChI=1S/C19H12F6N2O2S3/c20-18(21,22)11-3-9(4-12(6-11)19(23,24)25)10-5-13(31-8-10)7-14-16(29)27(17(30)32-14)2-1-15(26)28/h3-8H,1-2H2,(H2,26,28). The fraction of sp³-hybridized carbons (Fsp3) is 0.211. The van der Waals surface area contributed by atoms with E-state index in [0.717, 1.165) is 23.1 Å². The van der Waals surface area contributed by atoms with E-state index in [9.17, 15) is 35.9 Å². The Hall–Kier alpha value is -2.38. The predicted octanol–water partition coefficient (Wildman–Crippen LogP) is 5.53. The number of thioether (sulfide) groups is 1. The summed E-state index contributed by atoms with van der Waals surface area (Å²) < 4.78 is 78.8. The molecule has 2 N–H and O–H groups in total. The summed E-state index contributed by atoms with van der Waals surface area (Å²) in [6, 6.07) is 2.74. The van der Waals surface area contributed by atoms with Crippen molar-refractivity contribution in [3.8, 4) is 11.1 Å². The molecule has 0 radical (unpaired) electrons. The number of thiophene rings is 1. The Kier molecular flexibility index (Phi) is 6.72. The van der Waals surface area contributed by atoms with Gasteiger partial charge in [0.15, 0.2) is 0 Å². The number of nitrogens with zero attached hydrogens (tertiary/aromatic N) is 1. The Morgan fingerprint density at radius 1 is 1.03 bits per heavy atom. The highest BCUT2D eigenvalue weighted by molar-refractivity contribution is 8.26. The molecule has 170 valence electrons. The summed E-state index contributed by atoms with van der Waals surface area (Å²) in [7, 11) is 0. The van der Waals surface area contributed by atoms with Gasteiger partial charge in [-0.25, -0.2) is 0 Å². The molecule has 32 heavy (non-hydrogen) atoms. The van der Waals surface area contributed by atoms with Crippen LogP contribution in [0.2, 0.25) is 0 Å². The topological polar surface area (TPSA) is 63.4 Å². The molecular formula is C19H12F6N2O2S3. The molecule has 1 fully saturated rings. The lowest BCUT2D eigenvalue weighted by Crippen LogP contribution is -2.31. The molecule has 0 saturated carbocycles. The molecule has 13 heteroatoms. The van der Waals surface area contributed by atoms with E-state index in [-0.39, 0.29) is 39.4 Å². The molecule has 1 aliphatic rings. The molecule has 1 aromatic carbocycles. The number of hydrogen-bond acceptors (Lipinski definition) is 5. The average molecular weight is 511 g/mol. The minimum atomic E-state index is -4.95. The van der Waals surface area contributed by atoms with Gasteiger partial charge in [0.25, 0.3) is 5.91 Å². The van der Waals surface area contributed by atoms with E-state index in [2.05, 4.69) is 0 Å². The smallest absolute Gasteiger partial charge is 0.370 e. The number of alkyl halides is 6. The van der Waals surface area contributed by atoms with Crippen LogP contribution in [-0.4, -0.2) is 27.6 Å². The third-order valence-electron chi connectivity index (χ3n) is 4.27. The Bertz CT molecular complexity index is 1090. The number of primary amides is 1. The van der Waals surface area contributed by atoms with Crippen molar-refractivity contribution in [2.24, 2.45) is 5.73 Å². The van der Waals surface area contributed by atoms with Crippen molar-refractivity contribution in [2.75, 3.05) is 6.54 Å². The number of amides is 2. The van der Waals surface area contributed by atoms with Gasteiger partial charge in [0.2, 0.25) is 5.91 Å². The van der Waals surface area contributed by atoms with E-state index in [4.69, 9.17) is 18.0 Å². The van der Waals surface area contributed by atoms with Gasteiger partial charge in [0.05, 0.1) is 16.0 Å². The first kappa shape index (κ1) is 24.3. The maximum atomic E-state index is 13.1. The van der Waals surface area contributed by atoms with E-state index in [1.54, 1.807) is 0 Å². The van der Waals surface area contributed by atoms with Crippen LogP contribution in [0.25, 0.3) is 17.2 Å². The monoisotopic (exact) mass is 510 g/mol. The summed E-state index contributed by atoms with van der Waals surface area (Å²) in [4.78, 5) is 25.3. The minimum Gasteiger partial charge on any atom is -0.370 e. The van der Waals surface area contributed by atoms with Gasteiger partial charge in [0.1, 0.15) is 4.32 Å². The first-order chi connectivity index (χ1) is 14.8. The Labute approximate surface area is 191 Å². The van der Waals surface area contributed by atoms with Crippen molar-refractivity contribution in [2.45, 2.75) is 18.8 Å². The number of hydrogen-bond donors (Lipinski definition) is 1. The molecular weight excluding hydrogens is 498 g/mol. The van der Waals surface area contributed by atoms with Crippen molar-refractivity contribution < 1.29 is 35.9 Å². The molecule has 3 rings (SSSR count). The molecule has 2 heterocycles. The molecule has 1 saturated heterocycles. The van der Waals surface area contributed by atoms with Crippen molar-refractivity contribution in [1.82, 2.24) is 4.90 Å². The third-order valence-corrected chi connectivity index (χ3v) is 6.53. The van der Waals surface area contributed by atoms with E-state index < -0.39 is 35.3 Å². The van der Waals surface area contributed by atoms with E-state index in [1.807, 2.05) is 0 Å². The zero-order chi connectivity index (χ0) is 23.8. The van der Waals surface area contributed by atoms with Gasteiger partial charge in [-0.2, -0.15) is 26.3 Å². The van der Waals surface area contributed by atoms with Crippen molar-refractivity contribution in [3.63, 3.8) is 0 Å². The minimum absolute atomic E-state index is 0.0114. The number of rotatable bonds is 5. The second-order valence-corrected chi connectivity index (χ2v) is 9.20. The number of halogens is 6. The zero-order valence-corrected chi connectivity index (χ0v) is 18.2. The van der Waals surface area contributed by atoms with Crippen molar-refractivity contribution in [3.05, 3.63) is 50.6 Å². The molecule has 0 unspecified atom stereocenters. The molecule has 0 atom stereocenters. The van der Waals surface area contributed by atoms with Gasteiger partial charge < -0.3 is 5.73 Å². The molecule has 1 aliphatic heterocycles. The van der Waals surface area contributed by atoms with Crippen LogP contribution < -0.4 is 5.73 Å². The molecule has 0 aliphatic carbocycles. The summed E-state index contributed by atoms with van der Waals surface area (Å²) in [5, 5.41) is 1.40. The lowest BCUT2D eigenvalue weighted by molar-refractivity contribution is -0.143. The first-order valence-corrected chi connectivity index (χ1v) is 10.8. The van der Waals surface area contributed by atoms with Gasteiger partial charge in [-0.1, -0.05) is 24.0 Å². The van der Waals surface area contributed by atoms with E-state index in [0.29, 0.717) is 17.0 Å². The highest BCUT2D eigenvalue weighted by Crippen LogP contribution is 2.40. The second kappa shape index (κ2) is 8.87. The summed E-state index contributed by atoms with van der Waals surface area (Å²) in [6.07, 6.45) is -8.54. The van der Waals surface area contributed by atoms with Crippen LogP contribution in [0.4, 0.5) is 26.3 Å². The zero-order valence-electron chi connectivity index (χ0n) is 15.7. The van der Waals surface area contributed by atoms with Gasteiger partial charge in [0, 0.05) is 17.8 Å². The molecule has 2 aromatic rings. The van der Waals surface area contributed by atoms with Crippen LogP contribution in [0, 0.1) is 0 Å². The number of nitrogens with two attached hydrogens (primary N) is 1. The van der Waals surface area contributed by atoms with Crippen LogP contribution in [0.3, 0.4) is 0 Å². The van der Waals surface area contributed by atoms with E-state index in [1.165, 1.54) is 22.4 Å². The third kappa shape index (κ3) is 5.51. The van der Waals surface area contributed by atoms with Gasteiger partial charge in [-0.15, -0.1) is 11.3 Å². The van der Waals surface area contributed by atoms with Crippen LogP contribution >= 0.6 is 35.3 Å². The lowest BCUT2D eigenvalue weighted by atomic mass is 10.0. The summed E-state index contributed by atoms with van der Waals surface area (Å²) in [5.74, 6) is -1.07. The maximum Gasteiger partial charge on any atom is 0.416 e. The van der Waals surface area contributed by atoms with Crippen molar-refractivity contribution in [1.29, 1.82) is 0 Å². The quantitative estimate of drug-likeness (QED) is 0.327. The number of benzene rings is 1. The Morgan fingerprint density at radius 2 is 1.62 bits per heavy atom. The lowest BCUT2D eigenvalue weighted by Gasteiger charge is -2.13. The number of thiocarbonyl (C=S) groups is 1. The van der Waals surface area contributed by atoms with Crippen LogP contribution in [0.5, 0.6) is 0 Å². The molecule has 1 aromatic heterocycles. The Balaban J connectivity index is 1.92. The van der Waals surface area contributed by atoms with E-state index >= 15 is 0 Å². The summed E-state index contributed by atoms with van der Waals surface area (Å²) >= 11 is 7.12. The predicted molar refractivity (Wildman–Crippen MR) is 113 cm³/mol. The molecule has 0 bridgehead atoms. The highest BCUT2D eigenvalue weighted by atomic mass is 32.2. The number of carbonyl (C=O) groups excluding carboxylic acids is 2. The average Bonchev–Trinajstić information content (AvgIpc) is 3.23. The number of carbonyl (C=O) groups is 2. The van der Waals surface area contributed by atoms with Crippen LogP contribution in [-0.2, 0) is 21.9 Å². The Morgan fingerprint density at radius 3 is 2.16 bits per heavy atom. The van der Waals surface area contributed by atoms with Crippen molar-refractivity contribution >= 4 is 57.5 Å². The first-order valence-electron chi connectivity index (χ1n) is 8.68. The largest absolute Gasteiger partial charge is 0.416 e. The normalized spacial score (nSPS) is 16.3. The maximum absolute atomic E-state index is 13.1.